The molecule has 1 aromatic carbocycles. The van der Waals surface area contributed by atoms with Gasteiger partial charge >= 0.3 is 11.9 Å². The number of methoxy groups -OCH3 is 2. The lowest BCUT2D eigenvalue weighted by atomic mass is 10.2. The molecule has 0 aliphatic carbocycles. The molecule has 0 aromatic heterocycles. The number of carbonyl (C=O) groups excluding carboxylic acids is 2. The van der Waals surface area contributed by atoms with Crippen LogP contribution in [0.5, 0.6) is 0 Å². The Morgan fingerprint density at radius 1 is 0.966 bits per heavy atom. The van der Waals surface area contributed by atoms with E-state index in [1.54, 1.807) is 24.3 Å². The van der Waals surface area contributed by atoms with E-state index in [9.17, 15) is 19.7 Å². The van der Waals surface area contributed by atoms with Crippen LogP contribution in [0, 0.1) is 33.8 Å². The summed E-state index contributed by atoms with van der Waals surface area (Å²) in [6.45, 7) is 0. The highest BCUT2D eigenvalue weighted by molar-refractivity contribution is 8.29. The smallest absolute Gasteiger partial charge is 0.346 e. The summed E-state index contributed by atoms with van der Waals surface area (Å²) in [5, 5.41) is 10.6. The van der Waals surface area contributed by atoms with Gasteiger partial charge in [-0.15, -0.1) is 0 Å². The van der Waals surface area contributed by atoms with Gasteiger partial charge in [0.25, 0.3) is 5.69 Å². The summed E-state index contributed by atoms with van der Waals surface area (Å²) in [6.07, 6.45) is 4.65. The second-order valence-corrected chi connectivity index (χ2v) is 7.37. The lowest BCUT2D eigenvalue weighted by Gasteiger charge is -2.00. The molecule has 1 aliphatic heterocycles. The second-order valence-electron chi connectivity index (χ2n) is 5.00. The molecule has 0 atom stereocenters. The van der Waals surface area contributed by atoms with Gasteiger partial charge in [-0.2, -0.15) is 0 Å². The van der Waals surface area contributed by atoms with E-state index in [2.05, 4.69) is 33.2 Å². The molecule has 0 saturated heterocycles. The summed E-state index contributed by atoms with van der Waals surface area (Å²) in [4.78, 5) is 34.0. The fourth-order valence-electron chi connectivity index (χ4n) is 1.85. The van der Waals surface area contributed by atoms with Crippen LogP contribution in [-0.4, -0.2) is 31.1 Å². The van der Waals surface area contributed by atoms with E-state index in [1.807, 2.05) is 0 Å². The Morgan fingerprint density at radius 2 is 1.52 bits per heavy atom. The fourth-order valence-corrected chi connectivity index (χ4v) is 4.09. The Morgan fingerprint density at radius 3 is 2.03 bits per heavy atom. The molecule has 0 bridgehead atoms. The van der Waals surface area contributed by atoms with Gasteiger partial charge < -0.3 is 9.47 Å². The third kappa shape index (κ3) is 6.32. The number of rotatable bonds is 3. The summed E-state index contributed by atoms with van der Waals surface area (Å²) in [6, 6.07) is 5.90. The Bertz CT molecular complexity index is 1020. The van der Waals surface area contributed by atoms with Crippen LogP contribution >= 0.6 is 23.5 Å². The Labute approximate surface area is 175 Å². The van der Waals surface area contributed by atoms with Gasteiger partial charge in [0.05, 0.1) is 23.4 Å². The first-order valence-corrected chi connectivity index (χ1v) is 9.48. The van der Waals surface area contributed by atoms with Crippen molar-refractivity contribution in [3.05, 3.63) is 72.2 Å². The molecule has 9 heteroatoms. The quantitative estimate of drug-likeness (QED) is 0.314. The summed E-state index contributed by atoms with van der Waals surface area (Å²) in [5.41, 5.74) is 0.652. The van der Waals surface area contributed by atoms with Crippen molar-refractivity contribution in [3.63, 3.8) is 0 Å². The van der Waals surface area contributed by atoms with E-state index < -0.39 is 16.9 Å². The van der Waals surface area contributed by atoms with Crippen LogP contribution in [0.2, 0.25) is 0 Å². The maximum absolute atomic E-state index is 11.8. The maximum Gasteiger partial charge on any atom is 0.346 e. The van der Waals surface area contributed by atoms with Crippen LogP contribution in [0.4, 0.5) is 5.69 Å². The lowest BCUT2D eigenvalue weighted by Crippen LogP contribution is -2.08. The monoisotopic (exact) mass is 427 g/mol. The number of nitrogens with zero attached hydrogens (tertiary/aromatic N) is 1. The minimum Gasteiger partial charge on any atom is -0.465 e. The largest absolute Gasteiger partial charge is 0.465 e. The topological polar surface area (TPSA) is 95.7 Å². The normalized spacial score (nSPS) is 12.6. The number of ether oxygens (including phenoxy) is 2. The predicted octanol–water partition coefficient (Wildman–Crippen LogP) is 3.38. The second kappa shape index (κ2) is 10.8. The van der Waals surface area contributed by atoms with Crippen molar-refractivity contribution >= 4 is 41.1 Å². The van der Waals surface area contributed by atoms with Gasteiger partial charge in [0, 0.05) is 23.8 Å². The van der Waals surface area contributed by atoms with Crippen molar-refractivity contribution in [2.24, 2.45) is 0 Å². The highest BCUT2D eigenvalue weighted by Gasteiger charge is 2.31. The van der Waals surface area contributed by atoms with Crippen molar-refractivity contribution in [2.45, 2.75) is 0 Å². The van der Waals surface area contributed by atoms with Gasteiger partial charge in [0.15, 0.2) is 0 Å². The van der Waals surface area contributed by atoms with Gasteiger partial charge in [-0.3, -0.25) is 10.1 Å². The number of carbonyl (C=O) groups is 2. The first-order valence-electron chi connectivity index (χ1n) is 7.85. The SMILES string of the molecule is COC(=O)C1=C(C(=O)OC)SC(=CC#C/C=C/C#Cc2ccc([N+](=O)[O-])cc2)S1. The van der Waals surface area contributed by atoms with Gasteiger partial charge in [-0.25, -0.2) is 9.59 Å². The number of esters is 2. The van der Waals surface area contributed by atoms with E-state index in [0.717, 1.165) is 23.5 Å². The first-order chi connectivity index (χ1) is 14.0. The molecule has 1 aromatic rings. The third-order valence-corrected chi connectivity index (χ3v) is 5.59. The van der Waals surface area contributed by atoms with E-state index >= 15 is 0 Å². The third-order valence-electron chi connectivity index (χ3n) is 3.17. The number of nitro benzene ring substituents is 1. The zero-order chi connectivity index (χ0) is 21.2. The number of benzene rings is 1. The highest BCUT2D eigenvalue weighted by Crippen LogP contribution is 2.49. The van der Waals surface area contributed by atoms with E-state index in [-0.39, 0.29) is 15.5 Å². The zero-order valence-corrected chi connectivity index (χ0v) is 16.9. The van der Waals surface area contributed by atoms with Crippen molar-refractivity contribution in [1.82, 2.24) is 0 Å². The fraction of sp³-hybridized carbons (Fsp3) is 0.100. The average Bonchev–Trinajstić information content (AvgIpc) is 3.16. The van der Waals surface area contributed by atoms with Crippen LogP contribution < -0.4 is 0 Å². The van der Waals surface area contributed by atoms with Crippen molar-refractivity contribution < 1.29 is 24.0 Å². The Kier molecular flexibility index (Phi) is 8.16. The van der Waals surface area contributed by atoms with Gasteiger partial charge in [-0.05, 0) is 24.3 Å². The van der Waals surface area contributed by atoms with Crippen LogP contribution in [0.1, 0.15) is 5.56 Å². The van der Waals surface area contributed by atoms with Crippen LogP contribution in [0.15, 0.2) is 56.5 Å². The number of non-ortho nitro benzene ring substituents is 1. The van der Waals surface area contributed by atoms with Crippen LogP contribution in [0.25, 0.3) is 0 Å². The molecule has 0 saturated carbocycles. The van der Waals surface area contributed by atoms with Gasteiger partial charge in [-0.1, -0.05) is 47.2 Å². The molecule has 0 radical (unpaired) electrons. The van der Waals surface area contributed by atoms with Crippen molar-refractivity contribution in [3.8, 4) is 23.7 Å². The Balaban J connectivity index is 1.98. The van der Waals surface area contributed by atoms with E-state index in [1.165, 1.54) is 32.4 Å². The number of hydrogen-bond donors (Lipinski definition) is 0. The zero-order valence-electron chi connectivity index (χ0n) is 15.3. The van der Waals surface area contributed by atoms with Crippen LogP contribution in [0.3, 0.4) is 0 Å². The molecule has 0 amide bonds. The van der Waals surface area contributed by atoms with E-state index in [0.29, 0.717) is 9.80 Å². The van der Waals surface area contributed by atoms with Crippen molar-refractivity contribution in [1.29, 1.82) is 0 Å². The molecule has 0 fully saturated rings. The molecule has 1 heterocycles. The summed E-state index contributed by atoms with van der Waals surface area (Å²) in [5.74, 6) is 9.93. The van der Waals surface area contributed by atoms with Gasteiger partial charge in [0.2, 0.25) is 0 Å². The summed E-state index contributed by atoms with van der Waals surface area (Å²) < 4.78 is 9.98. The summed E-state index contributed by atoms with van der Waals surface area (Å²) in [7, 11) is 2.47. The maximum atomic E-state index is 11.8. The molecule has 146 valence electrons. The molecule has 0 N–H and O–H groups in total. The minimum absolute atomic E-state index is 0.00727. The predicted molar refractivity (Wildman–Crippen MR) is 111 cm³/mol. The Hall–Kier alpha value is -3.40. The summed E-state index contributed by atoms with van der Waals surface area (Å²) >= 11 is 2.18. The number of nitro groups is 1. The molecule has 29 heavy (non-hydrogen) atoms. The molecule has 0 spiro atoms. The number of allylic oxidation sites excluding steroid dienone is 3. The molecule has 2 rings (SSSR count). The number of hydrogen-bond acceptors (Lipinski definition) is 8. The first kappa shape index (κ1) is 21.9. The molecule has 0 unspecified atom stereocenters. The number of thioether (sulfide) groups is 2. The molecular formula is C20H13NO6S2. The molecule has 7 nitrogen and oxygen atoms in total. The van der Waals surface area contributed by atoms with Crippen molar-refractivity contribution in [2.75, 3.05) is 14.2 Å². The lowest BCUT2D eigenvalue weighted by molar-refractivity contribution is -0.384. The van der Waals surface area contributed by atoms with Gasteiger partial charge in [0.1, 0.15) is 9.81 Å². The molecular weight excluding hydrogens is 414 g/mol. The molecule has 1 aliphatic rings. The minimum atomic E-state index is -0.610. The van der Waals surface area contributed by atoms with Crippen LogP contribution in [-0.2, 0) is 19.1 Å². The van der Waals surface area contributed by atoms with E-state index in [4.69, 9.17) is 0 Å². The standard InChI is InChI=1S/C20H13NO6S2/c1-26-19(22)17-18(20(23)27-2)29-16(28-17)9-7-5-3-4-6-8-14-10-12-15(13-11-14)21(24)25/h3-4,9-13H,1-2H3/b4-3+. The average molecular weight is 427 g/mol. The highest BCUT2D eigenvalue weighted by atomic mass is 32.2.